The van der Waals surface area contributed by atoms with Gasteiger partial charge in [-0.15, -0.1) is 0 Å². The van der Waals surface area contributed by atoms with Crippen molar-refractivity contribution in [1.82, 2.24) is 9.88 Å². The van der Waals surface area contributed by atoms with E-state index in [-0.39, 0.29) is 16.9 Å². The van der Waals surface area contributed by atoms with Gasteiger partial charge >= 0.3 is 0 Å². The number of hydrogen-bond acceptors (Lipinski definition) is 3. The van der Waals surface area contributed by atoms with Gasteiger partial charge < -0.3 is 15.2 Å². The van der Waals surface area contributed by atoms with E-state index in [2.05, 4.69) is 10.6 Å². The Morgan fingerprint density at radius 3 is 2.20 bits per heavy atom. The molecule has 6 nitrogen and oxygen atoms in total. The number of ketones is 1. The van der Waals surface area contributed by atoms with Crippen LogP contribution >= 0.6 is 0 Å². The van der Waals surface area contributed by atoms with E-state index in [1.54, 1.807) is 20.9 Å². The molecule has 0 aliphatic rings. The van der Waals surface area contributed by atoms with Crippen molar-refractivity contribution in [3.05, 3.63) is 52.3 Å². The Bertz CT molecular complexity index is 1010. The molecule has 0 fully saturated rings. The van der Waals surface area contributed by atoms with E-state index in [0.717, 1.165) is 12.1 Å². The third kappa shape index (κ3) is 4.42. The highest BCUT2D eigenvalue weighted by atomic mass is 19.2. The highest BCUT2D eigenvalue weighted by Crippen LogP contribution is 2.24. The highest BCUT2D eigenvalue weighted by molar-refractivity contribution is 6.43. The van der Waals surface area contributed by atoms with E-state index in [0.29, 0.717) is 24.1 Å². The van der Waals surface area contributed by atoms with Crippen LogP contribution in [0, 0.1) is 25.5 Å². The lowest BCUT2D eigenvalue weighted by atomic mass is 9.94. The lowest BCUT2D eigenvalue weighted by Gasteiger charge is -2.27. The van der Waals surface area contributed by atoms with Crippen molar-refractivity contribution in [2.45, 2.75) is 53.0 Å². The van der Waals surface area contributed by atoms with Crippen molar-refractivity contribution in [3.8, 4) is 0 Å². The first kappa shape index (κ1) is 23.3. The molecule has 2 N–H and O–H groups in total. The Morgan fingerprint density at radius 2 is 1.67 bits per heavy atom. The number of nitrogens with zero attached hydrogens (tertiary/aromatic N) is 1. The lowest BCUT2D eigenvalue weighted by molar-refractivity contribution is -0.118. The third-order valence-corrected chi connectivity index (χ3v) is 5.73. The summed E-state index contributed by atoms with van der Waals surface area (Å²) in [7, 11) is 1.60. The maximum absolute atomic E-state index is 13.4. The van der Waals surface area contributed by atoms with Crippen molar-refractivity contribution in [2.24, 2.45) is 7.05 Å². The van der Waals surface area contributed by atoms with Gasteiger partial charge in [-0.2, -0.15) is 0 Å². The number of rotatable bonds is 7. The normalized spacial score (nSPS) is 11.3. The van der Waals surface area contributed by atoms with Crippen LogP contribution in [0.3, 0.4) is 0 Å². The Balaban J connectivity index is 2.36. The van der Waals surface area contributed by atoms with E-state index in [1.165, 1.54) is 10.6 Å². The molecule has 0 radical (unpaired) electrons. The first-order chi connectivity index (χ1) is 14.0. The zero-order valence-electron chi connectivity index (χ0n) is 18.1. The third-order valence-electron chi connectivity index (χ3n) is 5.73. The van der Waals surface area contributed by atoms with Gasteiger partial charge in [-0.05, 0) is 51.3 Å². The van der Waals surface area contributed by atoms with Gasteiger partial charge in [0.15, 0.2) is 11.6 Å². The van der Waals surface area contributed by atoms with Gasteiger partial charge in [0.25, 0.3) is 17.6 Å². The molecule has 0 unspecified atom stereocenters. The molecule has 162 valence electrons. The van der Waals surface area contributed by atoms with Crippen molar-refractivity contribution in [2.75, 3.05) is 5.32 Å². The van der Waals surface area contributed by atoms with Crippen LogP contribution in [0.4, 0.5) is 14.5 Å². The minimum atomic E-state index is -1.09. The van der Waals surface area contributed by atoms with Crippen molar-refractivity contribution >= 4 is 23.3 Å². The summed E-state index contributed by atoms with van der Waals surface area (Å²) in [4.78, 5) is 38.2. The zero-order valence-corrected chi connectivity index (χ0v) is 18.1. The number of aromatic nitrogens is 1. The van der Waals surface area contributed by atoms with Crippen LogP contribution in [0.5, 0.6) is 0 Å². The second-order valence-electron chi connectivity index (χ2n) is 7.63. The van der Waals surface area contributed by atoms with Gasteiger partial charge in [0, 0.05) is 30.0 Å². The summed E-state index contributed by atoms with van der Waals surface area (Å²) < 4.78 is 28.0. The first-order valence-electron chi connectivity index (χ1n) is 9.74. The Hall–Kier alpha value is -3.03. The molecule has 0 bridgehead atoms. The molecular formula is C22H27F2N3O3. The summed E-state index contributed by atoms with van der Waals surface area (Å²) in [6, 6.07) is 3.01. The second kappa shape index (κ2) is 8.77. The average Bonchev–Trinajstić information content (AvgIpc) is 2.92. The van der Waals surface area contributed by atoms with Gasteiger partial charge in [0.05, 0.1) is 5.56 Å². The molecule has 1 aromatic heterocycles. The number of amides is 2. The van der Waals surface area contributed by atoms with Gasteiger partial charge in [-0.1, -0.05) is 13.8 Å². The number of carbonyl (C=O) groups is 3. The summed E-state index contributed by atoms with van der Waals surface area (Å²) in [5.74, 6) is -4.17. The highest BCUT2D eigenvalue weighted by Gasteiger charge is 2.31. The molecule has 0 saturated heterocycles. The van der Waals surface area contributed by atoms with E-state index in [9.17, 15) is 23.2 Å². The van der Waals surface area contributed by atoms with Crippen LogP contribution in [-0.2, 0) is 11.8 Å². The summed E-state index contributed by atoms with van der Waals surface area (Å²) in [5, 5.41) is 5.27. The molecule has 2 rings (SSSR count). The molecule has 0 saturated carbocycles. The van der Waals surface area contributed by atoms with Crippen LogP contribution in [0.2, 0.25) is 0 Å². The minimum Gasteiger partial charge on any atom is -0.344 e. The number of Topliss-reactive ketones (excluding diaryl/α,β-unsaturated/α-hetero) is 1. The van der Waals surface area contributed by atoms with Gasteiger partial charge in [0.1, 0.15) is 5.69 Å². The predicted molar refractivity (Wildman–Crippen MR) is 111 cm³/mol. The number of benzene rings is 1. The molecular weight excluding hydrogens is 392 g/mol. The van der Waals surface area contributed by atoms with E-state index in [4.69, 9.17) is 0 Å². The fourth-order valence-electron chi connectivity index (χ4n) is 3.27. The van der Waals surface area contributed by atoms with Gasteiger partial charge in [-0.3, -0.25) is 14.4 Å². The molecule has 1 aromatic carbocycles. The Kier molecular flexibility index (Phi) is 6.80. The molecule has 2 amide bonds. The van der Waals surface area contributed by atoms with E-state index < -0.39 is 34.8 Å². The van der Waals surface area contributed by atoms with E-state index >= 15 is 0 Å². The molecule has 0 atom stereocenters. The smallest absolute Gasteiger partial charge is 0.292 e. The molecule has 8 heteroatoms. The average molecular weight is 419 g/mol. The monoisotopic (exact) mass is 419 g/mol. The van der Waals surface area contributed by atoms with Crippen LogP contribution in [0.25, 0.3) is 0 Å². The van der Waals surface area contributed by atoms with Gasteiger partial charge in [-0.25, -0.2) is 8.78 Å². The molecule has 2 aromatic rings. The Labute approximate surface area is 174 Å². The number of nitrogens with one attached hydrogen (secondary N) is 2. The molecule has 1 heterocycles. The largest absolute Gasteiger partial charge is 0.344 e. The van der Waals surface area contributed by atoms with Crippen LogP contribution < -0.4 is 10.6 Å². The predicted octanol–water partition coefficient (Wildman–Crippen LogP) is 4.05. The summed E-state index contributed by atoms with van der Waals surface area (Å²) >= 11 is 0. The standard InChI is InChI=1S/C22H27F2N3O3/c1-7-22(5,8-2)26-21(30)19(28)17-12(3)18(27(6)13(17)4)20(29)25-14-9-10-15(23)16(24)11-14/h9-11H,7-8H2,1-6H3,(H,25,29)(H,26,30). The second-order valence-corrected chi connectivity index (χ2v) is 7.63. The lowest BCUT2D eigenvalue weighted by Crippen LogP contribution is -2.47. The van der Waals surface area contributed by atoms with Crippen molar-refractivity contribution in [1.29, 1.82) is 0 Å². The van der Waals surface area contributed by atoms with Gasteiger partial charge in [0.2, 0.25) is 0 Å². The first-order valence-corrected chi connectivity index (χ1v) is 9.74. The summed E-state index contributed by atoms with van der Waals surface area (Å²) in [6.07, 6.45) is 1.33. The summed E-state index contributed by atoms with van der Waals surface area (Å²) in [5.41, 5.74) is 0.671. The number of hydrogen-bond donors (Lipinski definition) is 2. The fraction of sp³-hybridized carbons (Fsp3) is 0.409. The molecule has 0 aliphatic carbocycles. The topological polar surface area (TPSA) is 80.2 Å². The number of anilines is 1. The maximum Gasteiger partial charge on any atom is 0.292 e. The van der Waals surface area contributed by atoms with E-state index in [1.807, 2.05) is 20.8 Å². The molecule has 0 aliphatic heterocycles. The summed E-state index contributed by atoms with van der Waals surface area (Å²) in [6.45, 7) is 8.93. The fourth-order valence-corrected chi connectivity index (χ4v) is 3.27. The quantitative estimate of drug-likeness (QED) is 0.525. The van der Waals surface area contributed by atoms with Crippen LogP contribution in [0.15, 0.2) is 18.2 Å². The Morgan fingerprint density at radius 1 is 1.07 bits per heavy atom. The van der Waals surface area contributed by atoms with Crippen LogP contribution in [0.1, 0.15) is 65.7 Å². The SMILES string of the molecule is CCC(C)(CC)NC(=O)C(=O)c1c(C)c(C(=O)Nc2ccc(F)c(F)c2)n(C)c1C. The maximum atomic E-state index is 13.4. The molecule has 0 spiro atoms. The van der Waals surface area contributed by atoms with Crippen molar-refractivity contribution < 1.29 is 23.2 Å². The molecule has 30 heavy (non-hydrogen) atoms. The minimum absolute atomic E-state index is 0.0735. The zero-order chi connectivity index (χ0) is 22.8. The number of carbonyl (C=O) groups excluding carboxylic acids is 3. The number of halogens is 2. The van der Waals surface area contributed by atoms with Crippen molar-refractivity contribution in [3.63, 3.8) is 0 Å². The van der Waals surface area contributed by atoms with Crippen LogP contribution in [-0.4, -0.2) is 27.7 Å².